The van der Waals surface area contributed by atoms with Crippen molar-refractivity contribution in [2.24, 2.45) is 5.73 Å². The Labute approximate surface area is 107 Å². The smallest absolute Gasteiger partial charge is 0.240 e. The maximum absolute atomic E-state index is 11.9. The lowest BCUT2D eigenvalue weighted by molar-refractivity contribution is -0.126. The molecule has 1 aromatic carbocycles. The first-order valence-corrected chi connectivity index (χ1v) is 6.10. The van der Waals surface area contributed by atoms with E-state index in [4.69, 9.17) is 17.3 Å². The van der Waals surface area contributed by atoms with Crippen LogP contribution in [0.5, 0.6) is 0 Å². The Bertz CT molecular complexity index is 404. The van der Waals surface area contributed by atoms with Crippen molar-refractivity contribution in [3.05, 3.63) is 34.9 Å². The minimum atomic E-state index is -0.838. The van der Waals surface area contributed by atoms with E-state index < -0.39 is 5.54 Å². The Kier molecular flexibility index (Phi) is 4.54. The maximum Gasteiger partial charge on any atom is 0.240 e. The molecule has 0 aliphatic rings. The average Bonchev–Trinajstić information content (AvgIpc) is 2.29. The van der Waals surface area contributed by atoms with Crippen LogP contribution in [0.3, 0.4) is 0 Å². The SMILES string of the molecule is CCC(C)(N)C(=O)NC(C)c1ccccc1Cl. The number of halogens is 1. The van der Waals surface area contributed by atoms with E-state index >= 15 is 0 Å². The molecule has 0 fully saturated rings. The summed E-state index contributed by atoms with van der Waals surface area (Å²) in [4.78, 5) is 11.9. The molecule has 0 bridgehead atoms. The molecule has 94 valence electrons. The van der Waals surface area contributed by atoms with Crippen molar-refractivity contribution in [3.8, 4) is 0 Å². The van der Waals surface area contributed by atoms with Crippen molar-refractivity contribution in [2.75, 3.05) is 0 Å². The standard InChI is InChI=1S/C13H19ClN2O/c1-4-13(3,15)12(17)16-9(2)10-7-5-6-8-11(10)14/h5-9H,4,15H2,1-3H3,(H,16,17). The van der Waals surface area contributed by atoms with Crippen LogP contribution in [-0.2, 0) is 4.79 Å². The Morgan fingerprint density at radius 2 is 2.12 bits per heavy atom. The molecule has 1 aromatic rings. The molecule has 3 nitrogen and oxygen atoms in total. The highest BCUT2D eigenvalue weighted by Gasteiger charge is 2.27. The van der Waals surface area contributed by atoms with Gasteiger partial charge in [0.2, 0.25) is 5.91 Å². The number of nitrogens with one attached hydrogen (secondary N) is 1. The van der Waals surface area contributed by atoms with Gasteiger partial charge < -0.3 is 11.1 Å². The quantitative estimate of drug-likeness (QED) is 0.868. The highest BCUT2D eigenvalue weighted by molar-refractivity contribution is 6.31. The Morgan fingerprint density at radius 3 is 2.65 bits per heavy atom. The molecule has 0 aliphatic heterocycles. The third kappa shape index (κ3) is 3.45. The number of nitrogens with two attached hydrogens (primary N) is 1. The molecule has 0 radical (unpaired) electrons. The molecule has 2 atom stereocenters. The molecular formula is C13H19ClN2O. The van der Waals surface area contributed by atoms with Gasteiger partial charge in [0.15, 0.2) is 0 Å². The zero-order valence-electron chi connectivity index (χ0n) is 10.5. The van der Waals surface area contributed by atoms with Gasteiger partial charge in [-0.2, -0.15) is 0 Å². The second-order valence-corrected chi connectivity index (χ2v) is 4.89. The van der Waals surface area contributed by atoms with Crippen LogP contribution in [0.25, 0.3) is 0 Å². The predicted molar refractivity (Wildman–Crippen MR) is 70.9 cm³/mol. The van der Waals surface area contributed by atoms with Gasteiger partial charge in [-0.05, 0) is 31.9 Å². The zero-order chi connectivity index (χ0) is 13.1. The van der Waals surface area contributed by atoms with Gasteiger partial charge in [-0.1, -0.05) is 36.7 Å². The van der Waals surface area contributed by atoms with Crippen LogP contribution in [0.4, 0.5) is 0 Å². The van der Waals surface area contributed by atoms with E-state index in [9.17, 15) is 4.79 Å². The van der Waals surface area contributed by atoms with Crippen molar-refractivity contribution in [3.63, 3.8) is 0 Å². The summed E-state index contributed by atoms with van der Waals surface area (Å²) >= 11 is 6.07. The first-order valence-electron chi connectivity index (χ1n) is 5.72. The molecule has 0 aromatic heterocycles. The molecule has 0 saturated carbocycles. The normalized spacial score (nSPS) is 16.1. The molecular weight excluding hydrogens is 236 g/mol. The van der Waals surface area contributed by atoms with Gasteiger partial charge in [-0.3, -0.25) is 4.79 Å². The molecule has 0 spiro atoms. The molecule has 1 rings (SSSR count). The van der Waals surface area contributed by atoms with Crippen LogP contribution in [0.15, 0.2) is 24.3 Å². The summed E-state index contributed by atoms with van der Waals surface area (Å²) < 4.78 is 0. The van der Waals surface area contributed by atoms with Gasteiger partial charge in [0, 0.05) is 5.02 Å². The highest BCUT2D eigenvalue weighted by Crippen LogP contribution is 2.22. The summed E-state index contributed by atoms with van der Waals surface area (Å²) in [7, 11) is 0. The number of carbonyl (C=O) groups excluding carboxylic acids is 1. The lowest BCUT2D eigenvalue weighted by Crippen LogP contribution is -2.51. The summed E-state index contributed by atoms with van der Waals surface area (Å²) in [5, 5.41) is 3.53. The van der Waals surface area contributed by atoms with Crippen LogP contribution in [0.1, 0.15) is 38.8 Å². The minimum absolute atomic E-state index is 0.148. The van der Waals surface area contributed by atoms with Crippen molar-refractivity contribution in [1.82, 2.24) is 5.32 Å². The monoisotopic (exact) mass is 254 g/mol. The summed E-state index contributed by atoms with van der Waals surface area (Å²) in [6.45, 7) is 5.51. The summed E-state index contributed by atoms with van der Waals surface area (Å²) in [5.74, 6) is -0.160. The summed E-state index contributed by atoms with van der Waals surface area (Å²) in [6.07, 6.45) is 0.591. The Hall–Kier alpha value is -1.06. The molecule has 0 heterocycles. The van der Waals surface area contributed by atoms with E-state index in [0.29, 0.717) is 11.4 Å². The fourth-order valence-electron chi connectivity index (χ4n) is 1.43. The number of carbonyl (C=O) groups is 1. The third-order valence-corrected chi connectivity index (χ3v) is 3.32. The molecule has 3 N–H and O–H groups in total. The number of rotatable bonds is 4. The van der Waals surface area contributed by atoms with E-state index in [1.54, 1.807) is 13.0 Å². The fourth-order valence-corrected chi connectivity index (χ4v) is 1.73. The van der Waals surface area contributed by atoms with Gasteiger partial charge in [-0.25, -0.2) is 0 Å². The molecule has 0 saturated heterocycles. The van der Waals surface area contributed by atoms with Crippen LogP contribution in [-0.4, -0.2) is 11.4 Å². The van der Waals surface area contributed by atoms with Crippen LogP contribution < -0.4 is 11.1 Å². The average molecular weight is 255 g/mol. The van der Waals surface area contributed by atoms with Crippen LogP contribution in [0, 0.1) is 0 Å². The van der Waals surface area contributed by atoms with Gasteiger partial charge in [0.05, 0.1) is 11.6 Å². The second kappa shape index (κ2) is 5.52. The van der Waals surface area contributed by atoms with E-state index in [1.165, 1.54) is 0 Å². The Balaban J connectivity index is 2.77. The maximum atomic E-state index is 11.9. The highest BCUT2D eigenvalue weighted by atomic mass is 35.5. The number of benzene rings is 1. The lowest BCUT2D eigenvalue weighted by atomic mass is 9.98. The lowest BCUT2D eigenvalue weighted by Gasteiger charge is -2.25. The van der Waals surface area contributed by atoms with Crippen molar-refractivity contribution < 1.29 is 4.79 Å². The zero-order valence-corrected chi connectivity index (χ0v) is 11.2. The third-order valence-electron chi connectivity index (χ3n) is 2.97. The molecule has 17 heavy (non-hydrogen) atoms. The van der Waals surface area contributed by atoms with Crippen molar-refractivity contribution >= 4 is 17.5 Å². The number of hydrogen-bond acceptors (Lipinski definition) is 2. The number of amides is 1. The van der Waals surface area contributed by atoms with E-state index in [-0.39, 0.29) is 11.9 Å². The molecule has 2 unspecified atom stereocenters. The second-order valence-electron chi connectivity index (χ2n) is 4.49. The van der Waals surface area contributed by atoms with Gasteiger partial charge >= 0.3 is 0 Å². The minimum Gasteiger partial charge on any atom is -0.348 e. The first kappa shape index (κ1) is 14.0. The molecule has 4 heteroatoms. The van der Waals surface area contributed by atoms with Crippen LogP contribution in [0.2, 0.25) is 5.02 Å². The largest absolute Gasteiger partial charge is 0.348 e. The van der Waals surface area contributed by atoms with E-state index in [0.717, 1.165) is 5.56 Å². The van der Waals surface area contributed by atoms with Gasteiger partial charge in [0.25, 0.3) is 0 Å². The molecule has 1 amide bonds. The Morgan fingerprint density at radius 1 is 1.53 bits per heavy atom. The fraction of sp³-hybridized carbons (Fsp3) is 0.462. The molecule has 0 aliphatic carbocycles. The first-order chi connectivity index (χ1) is 7.88. The summed E-state index contributed by atoms with van der Waals surface area (Å²) in [6, 6.07) is 7.31. The van der Waals surface area contributed by atoms with Gasteiger partial charge in [-0.15, -0.1) is 0 Å². The summed E-state index contributed by atoms with van der Waals surface area (Å²) in [5.41, 5.74) is 5.94. The topological polar surface area (TPSA) is 55.1 Å². The van der Waals surface area contributed by atoms with Crippen molar-refractivity contribution in [1.29, 1.82) is 0 Å². The predicted octanol–water partition coefficient (Wildman–Crippen LogP) is 2.64. The van der Waals surface area contributed by atoms with Gasteiger partial charge in [0.1, 0.15) is 0 Å². The van der Waals surface area contributed by atoms with E-state index in [1.807, 2.05) is 32.0 Å². The van der Waals surface area contributed by atoms with E-state index in [2.05, 4.69) is 5.32 Å². The van der Waals surface area contributed by atoms with Crippen molar-refractivity contribution in [2.45, 2.75) is 38.8 Å². The van der Waals surface area contributed by atoms with Crippen LogP contribution >= 0.6 is 11.6 Å². The number of hydrogen-bond donors (Lipinski definition) is 2.